The smallest absolute Gasteiger partial charge is 0.270 e. The van der Waals surface area contributed by atoms with Crippen LogP contribution >= 0.6 is 0 Å². The molecule has 1 N–H and O–H groups in total. The fourth-order valence-corrected chi connectivity index (χ4v) is 3.05. The van der Waals surface area contributed by atoms with E-state index in [2.05, 4.69) is 17.3 Å². The van der Waals surface area contributed by atoms with E-state index in [1.165, 1.54) is 16.8 Å². The predicted molar refractivity (Wildman–Crippen MR) is 114 cm³/mol. The first-order valence-corrected chi connectivity index (χ1v) is 9.81. The molecule has 3 rings (SSSR count). The minimum Gasteiger partial charge on any atom is -0.497 e. The highest BCUT2D eigenvalue weighted by Crippen LogP contribution is 2.26. The molecule has 156 valence electrons. The molecule has 1 heterocycles. The van der Waals surface area contributed by atoms with Crippen LogP contribution in [0.3, 0.4) is 0 Å². The molecule has 0 saturated heterocycles. The summed E-state index contributed by atoms with van der Waals surface area (Å²) in [5.74, 6) is 0.439. The Hall–Kier alpha value is -3.68. The van der Waals surface area contributed by atoms with Crippen LogP contribution in [0.5, 0.6) is 5.75 Å². The number of nitrogens with one attached hydrogen (secondary N) is 1. The van der Waals surface area contributed by atoms with Crippen LogP contribution in [0, 0.1) is 10.1 Å². The lowest BCUT2D eigenvalue weighted by molar-refractivity contribution is -0.384. The van der Waals surface area contributed by atoms with Crippen LogP contribution in [-0.2, 0) is 0 Å². The van der Waals surface area contributed by atoms with E-state index in [0.717, 1.165) is 24.8 Å². The minimum atomic E-state index is -0.462. The number of nitro benzene ring substituents is 1. The summed E-state index contributed by atoms with van der Waals surface area (Å²) in [6.07, 6.45) is 3.00. The third-order valence-electron chi connectivity index (χ3n) is 4.68. The summed E-state index contributed by atoms with van der Waals surface area (Å²) in [4.78, 5) is 23.3. The zero-order chi connectivity index (χ0) is 21.5. The van der Waals surface area contributed by atoms with Crippen molar-refractivity contribution in [2.45, 2.75) is 26.2 Å². The fraction of sp³-hybridized carbons (Fsp3) is 0.273. The van der Waals surface area contributed by atoms with Gasteiger partial charge in [-0.15, -0.1) is 0 Å². The number of hydrogen-bond donors (Lipinski definition) is 1. The Morgan fingerprint density at radius 1 is 1.17 bits per heavy atom. The predicted octanol–water partition coefficient (Wildman–Crippen LogP) is 4.38. The van der Waals surface area contributed by atoms with E-state index >= 15 is 0 Å². The highest BCUT2D eigenvalue weighted by molar-refractivity contribution is 5.94. The maximum absolute atomic E-state index is 12.8. The summed E-state index contributed by atoms with van der Waals surface area (Å²) in [5, 5.41) is 18.5. The Morgan fingerprint density at radius 3 is 2.60 bits per heavy atom. The van der Waals surface area contributed by atoms with Gasteiger partial charge in [0.1, 0.15) is 11.4 Å². The van der Waals surface area contributed by atoms with Gasteiger partial charge in [0.05, 0.1) is 23.4 Å². The third kappa shape index (κ3) is 4.83. The van der Waals surface area contributed by atoms with Crippen molar-refractivity contribution in [2.75, 3.05) is 13.7 Å². The topological polar surface area (TPSA) is 99.3 Å². The molecule has 0 aliphatic heterocycles. The second-order valence-corrected chi connectivity index (χ2v) is 6.80. The Morgan fingerprint density at radius 2 is 1.93 bits per heavy atom. The molecule has 0 radical (unpaired) electrons. The van der Waals surface area contributed by atoms with Crippen molar-refractivity contribution in [2.24, 2.45) is 0 Å². The van der Waals surface area contributed by atoms with Crippen molar-refractivity contribution in [3.05, 3.63) is 70.4 Å². The molecule has 0 aliphatic carbocycles. The summed E-state index contributed by atoms with van der Waals surface area (Å²) in [6, 6.07) is 15.1. The maximum Gasteiger partial charge on any atom is 0.270 e. The number of amides is 1. The Balaban J connectivity index is 1.98. The normalized spacial score (nSPS) is 10.6. The van der Waals surface area contributed by atoms with E-state index in [1.54, 1.807) is 25.3 Å². The van der Waals surface area contributed by atoms with Gasteiger partial charge in [-0.2, -0.15) is 5.10 Å². The summed E-state index contributed by atoms with van der Waals surface area (Å²) in [7, 11) is 1.59. The molecule has 1 amide bonds. The molecule has 8 nitrogen and oxygen atoms in total. The lowest BCUT2D eigenvalue weighted by Gasteiger charge is -2.08. The van der Waals surface area contributed by atoms with E-state index in [-0.39, 0.29) is 11.6 Å². The van der Waals surface area contributed by atoms with E-state index in [0.29, 0.717) is 29.4 Å². The van der Waals surface area contributed by atoms with Crippen molar-refractivity contribution >= 4 is 11.6 Å². The van der Waals surface area contributed by atoms with Gasteiger partial charge in [0, 0.05) is 24.2 Å². The van der Waals surface area contributed by atoms with Gasteiger partial charge in [0.25, 0.3) is 11.6 Å². The molecule has 0 atom stereocenters. The van der Waals surface area contributed by atoms with Gasteiger partial charge in [-0.25, -0.2) is 4.68 Å². The molecule has 3 aromatic rings. The van der Waals surface area contributed by atoms with Gasteiger partial charge in [-0.05, 0) is 36.8 Å². The molecule has 0 fully saturated rings. The molecule has 8 heteroatoms. The molecule has 0 saturated carbocycles. The Kier molecular flexibility index (Phi) is 6.79. The van der Waals surface area contributed by atoms with E-state index in [1.807, 2.05) is 24.3 Å². The molecule has 2 aromatic carbocycles. The number of nitro groups is 1. The molecule has 0 bridgehead atoms. The fourth-order valence-electron chi connectivity index (χ4n) is 3.05. The second kappa shape index (κ2) is 9.69. The van der Waals surface area contributed by atoms with Crippen LogP contribution < -0.4 is 10.1 Å². The van der Waals surface area contributed by atoms with Gasteiger partial charge in [0.2, 0.25) is 0 Å². The first-order chi connectivity index (χ1) is 14.5. The van der Waals surface area contributed by atoms with Crippen molar-refractivity contribution < 1.29 is 14.5 Å². The first-order valence-electron chi connectivity index (χ1n) is 9.81. The number of rotatable bonds is 9. The number of hydrogen-bond acceptors (Lipinski definition) is 5. The first kappa shape index (κ1) is 21.0. The number of methoxy groups -OCH3 is 1. The number of ether oxygens (including phenoxy) is 1. The number of unbranched alkanes of at least 4 members (excludes halogenated alkanes) is 2. The van der Waals surface area contributed by atoms with Gasteiger partial charge in [0.15, 0.2) is 0 Å². The summed E-state index contributed by atoms with van der Waals surface area (Å²) in [5.41, 5.74) is 2.30. The van der Waals surface area contributed by atoms with Crippen molar-refractivity contribution in [3.63, 3.8) is 0 Å². The average Bonchev–Trinajstić information content (AvgIpc) is 3.22. The molecule has 30 heavy (non-hydrogen) atoms. The monoisotopic (exact) mass is 408 g/mol. The van der Waals surface area contributed by atoms with Crippen LogP contribution in [0.1, 0.15) is 36.7 Å². The highest BCUT2D eigenvalue weighted by atomic mass is 16.6. The molecule has 1 aromatic heterocycles. The van der Waals surface area contributed by atoms with Crippen molar-refractivity contribution in [1.29, 1.82) is 0 Å². The van der Waals surface area contributed by atoms with Crippen molar-refractivity contribution in [3.8, 4) is 22.7 Å². The molecule has 0 aliphatic rings. The van der Waals surface area contributed by atoms with Gasteiger partial charge >= 0.3 is 0 Å². The minimum absolute atomic E-state index is 0.0236. The lowest BCUT2D eigenvalue weighted by Crippen LogP contribution is -2.26. The summed E-state index contributed by atoms with van der Waals surface area (Å²) in [6.45, 7) is 2.68. The number of aromatic nitrogens is 2. The van der Waals surface area contributed by atoms with E-state index < -0.39 is 4.92 Å². The maximum atomic E-state index is 12.8. The molecular formula is C22H24N4O4. The van der Waals surface area contributed by atoms with E-state index in [4.69, 9.17) is 4.74 Å². The largest absolute Gasteiger partial charge is 0.497 e. The molecule has 0 spiro atoms. The van der Waals surface area contributed by atoms with Crippen LogP contribution in [0.4, 0.5) is 5.69 Å². The number of non-ortho nitro benzene ring substituents is 1. The SMILES string of the molecule is CCCCCNC(=O)c1cc(-c2cccc(OC)c2)nn1-c1ccc([N+](=O)[O-])cc1. The number of carbonyl (C=O) groups excluding carboxylic acids is 1. The molecular weight excluding hydrogens is 384 g/mol. The van der Waals surface area contributed by atoms with Crippen molar-refractivity contribution in [1.82, 2.24) is 15.1 Å². The van der Waals surface area contributed by atoms with Gasteiger partial charge < -0.3 is 10.1 Å². The third-order valence-corrected chi connectivity index (χ3v) is 4.68. The van der Waals surface area contributed by atoms with Crippen LogP contribution in [0.25, 0.3) is 16.9 Å². The number of carbonyl (C=O) groups is 1. The summed E-state index contributed by atoms with van der Waals surface area (Å²) >= 11 is 0. The standard InChI is InChI=1S/C22H24N4O4/c1-3-4-5-13-23-22(27)21-15-20(16-7-6-8-19(14-16)30-2)24-25(21)17-9-11-18(12-10-17)26(28)29/h6-12,14-15H,3-5,13H2,1-2H3,(H,23,27). The van der Waals surface area contributed by atoms with E-state index in [9.17, 15) is 14.9 Å². The van der Waals surface area contributed by atoms with Gasteiger partial charge in [-0.3, -0.25) is 14.9 Å². The Labute approximate surface area is 174 Å². The van der Waals surface area contributed by atoms with Crippen LogP contribution in [-0.4, -0.2) is 34.3 Å². The second-order valence-electron chi connectivity index (χ2n) is 6.80. The zero-order valence-electron chi connectivity index (χ0n) is 17.0. The summed E-state index contributed by atoms with van der Waals surface area (Å²) < 4.78 is 6.79. The van der Waals surface area contributed by atoms with Crippen LogP contribution in [0.2, 0.25) is 0 Å². The Bertz CT molecular complexity index is 1030. The number of benzene rings is 2. The quantitative estimate of drug-likeness (QED) is 0.322. The van der Waals surface area contributed by atoms with Gasteiger partial charge in [-0.1, -0.05) is 31.9 Å². The highest BCUT2D eigenvalue weighted by Gasteiger charge is 2.18. The average molecular weight is 408 g/mol. The number of nitrogens with zero attached hydrogens (tertiary/aromatic N) is 3. The zero-order valence-corrected chi connectivity index (χ0v) is 17.0. The molecule has 0 unspecified atom stereocenters. The van der Waals surface area contributed by atoms with Crippen LogP contribution in [0.15, 0.2) is 54.6 Å². The lowest BCUT2D eigenvalue weighted by atomic mass is 10.1.